The smallest absolute Gasteiger partial charge is 0.142 e. The Morgan fingerprint density at radius 1 is 1.21 bits per heavy atom. The third-order valence-corrected chi connectivity index (χ3v) is 2.97. The molecule has 0 aliphatic carbocycles. The van der Waals surface area contributed by atoms with Gasteiger partial charge in [0.2, 0.25) is 0 Å². The Morgan fingerprint density at radius 2 is 1.93 bits per heavy atom. The molecule has 14 heavy (non-hydrogen) atoms. The van der Waals surface area contributed by atoms with Gasteiger partial charge < -0.3 is 4.74 Å². The van der Waals surface area contributed by atoms with E-state index in [1.807, 2.05) is 0 Å². The van der Waals surface area contributed by atoms with Crippen LogP contribution in [0.4, 0.5) is 0 Å². The molecule has 0 saturated carbocycles. The lowest BCUT2D eigenvalue weighted by Gasteiger charge is -2.28. The lowest BCUT2D eigenvalue weighted by atomic mass is 9.98. The molecule has 0 fully saturated rings. The fourth-order valence-corrected chi connectivity index (χ4v) is 1.99. The van der Waals surface area contributed by atoms with E-state index in [0.29, 0.717) is 6.73 Å². The highest BCUT2D eigenvalue weighted by atomic mass is 16.5. The number of nitrogens with zero attached hydrogens (tertiary/aromatic N) is 1. The highest BCUT2D eigenvalue weighted by Gasteiger charge is 2.19. The van der Waals surface area contributed by atoms with E-state index in [2.05, 4.69) is 38.8 Å². The first kappa shape index (κ1) is 9.53. The first-order valence-electron chi connectivity index (χ1n) is 5.00. The topological polar surface area (TPSA) is 12.5 Å². The summed E-state index contributed by atoms with van der Waals surface area (Å²) in [5, 5.41) is 0. The molecule has 0 saturated heterocycles. The molecule has 0 unspecified atom stereocenters. The van der Waals surface area contributed by atoms with Gasteiger partial charge in [-0.05, 0) is 44.5 Å². The molecule has 0 bridgehead atoms. The largest absolute Gasteiger partial charge is 0.478 e. The van der Waals surface area contributed by atoms with Gasteiger partial charge in [-0.1, -0.05) is 6.07 Å². The second-order valence-electron chi connectivity index (χ2n) is 4.23. The van der Waals surface area contributed by atoms with Crippen LogP contribution in [0.3, 0.4) is 0 Å². The molecular weight excluding hydrogens is 174 g/mol. The van der Waals surface area contributed by atoms with E-state index in [0.717, 1.165) is 12.3 Å². The van der Waals surface area contributed by atoms with Crippen LogP contribution in [0.5, 0.6) is 5.75 Å². The number of fused-ring (bicyclic) bond motifs is 1. The molecule has 0 aromatic heterocycles. The lowest BCUT2D eigenvalue weighted by molar-refractivity contribution is 0.120. The van der Waals surface area contributed by atoms with Crippen molar-refractivity contribution in [2.24, 2.45) is 0 Å². The number of benzene rings is 1. The van der Waals surface area contributed by atoms with Gasteiger partial charge >= 0.3 is 0 Å². The van der Waals surface area contributed by atoms with Crippen LogP contribution in [0, 0.1) is 20.8 Å². The van der Waals surface area contributed by atoms with Crippen molar-refractivity contribution in [3.05, 3.63) is 28.3 Å². The van der Waals surface area contributed by atoms with Gasteiger partial charge in [0, 0.05) is 12.1 Å². The summed E-state index contributed by atoms with van der Waals surface area (Å²) >= 11 is 0. The number of rotatable bonds is 0. The van der Waals surface area contributed by atoms with E-state index in [1.165, 1.54) is 22.3 Å². The fraction of sp³-hybridized carbons (Fsp3) is 0.500. The first-order valence-corrected chi connectivity index (χ1v) is 5.00. The average Bonchev–Trinajstić information content (AvgIpc) is 2.14. The van der Waals surface area contributed by atoms with Crippen molar-refractivity contribution in [1.82, 2.24) is 4.90 Å². The molecule has 1 aromatic rings. The Balaban J connectivity index is 2.57. The SMILES string of the molecule is Cc1cc(C)c2c(c1C)OCN(C)C2. The van der Waals surface area contributed by atoms with Crippen LogP contribution >= 0.6 is 0 Å². The summed E-state index contributed by atoms with van der Waals surface area (Å²) in [7, 11) is 2.08. The lowest BCUT2D eigenvalue weighted by Crippen LogP contribution is -2.29. The van der Waals surface area contributed by atoms with Crippen molar-refractivity contribution in [3.8, 4) is 5.75 Å². The van der Waals surface area contributed by atoms with E-state index in [4.69, 9.17) is 4.74 Å². The van der Waals surface area contributed by atoms with Crippen molar-refractivity contribution in [2.75, 3.05) is 13.8 Å². The minimum Gasteiger partial charge on any atom is -0.478 e. The number of ether oxygens (including phenoxy) is 1. The maximum Gasteiger partial charge on any atom is 0.142 e. The van der Waals surface area contributed by atoms with Crippen molar-refractivity contribution in [3.63, 3.8) is 0 Å². The van der Waals surface area contributed by atoms with Crippen LogP contribution in [0.25, 0.3) is 0 Å². The van der Waals surface area contributed by atoms with Crippen molar-refractivity contribution >= 4 is 0 Å². The molecule has 0 spiro atoms. The number of hydrogen-bond donors (Lipinski definition) is 0. The van der Waals surface area contributed by atoms with E-state index < -0.39 is 0 Å². The van der Waals surface area contributed by atoms with Crippen LogP contribution < -0.4 is 4.74 Å². The summed E-state index contributed by atoms with van der Waals surface area (Å²) in [6, 6.07) is 2.25. The van der Waals surface area contributed by atoms with E-state index in [1.54, 1.807) is 0 Å². The van der Waals surface area contributed by atoms with Crippen molar-refractivity contribution in [2.45, 2.75) is 27.3 Å². The molecule has 1 aliphatic heterocycles. The summed E-state index contributed by atoms with van der Waals surface area (Å²) in [6.07, 6.45) is 0. The van der Waals surface area contributed by atoms with Crippen LogP contribution in [-0.2, 0) is 6.54 Å². The Labute approximate surface area is 85.5 Å². The Morgan fingerprint density at radius 3 is 2.64 bits per heavy atom. The zero-order valence-corrected chi connectivity index (χ0v) is 9.35. The normalized spacial score (nSPS) is 16.3. The maximum absolute atomic E-state index is 5.75. The molecule has 0 amide bonds. The summed E-state index contributed by atoms with van der Waals surface area (Å²) < 4.78 is 5.75. The molecular formula is C12H17NO. The molecule has 1 aromatic carbocycles. The van der Waals surface area contributed by atoms with Crippen molar-refractivity contribution in [1.29, 1.82) is 0 Å². The predicted octanol–water partition coefficient (Wildman–Crippen LogP) is 2.39. The molecule has 1 heterocycles. The molecule has 1 aliphatic rings. The van der Waals surface area contributed by atoms with E-state index >= 15 is 0 Å². The van der Waals surface area contributed by atoms with E-state index in [9.17, 15) is 0 Å². The van der Waals surface area contributed by atoms with Gasteiger partial charge in [-0.15, -0.1) is 0 Å². The molecule has 0 radical (unpaired) electrons. The second-order valence-corrected chi connectivity index (χ2v) is 4.23. The van der Waals surface area contributed by atoms with Gasteiger partial charge in [-0.3, -0.25) is 4.90 Å². The predicted molar refractivity (Wildman–Crippen MR) is 57.6 cm³/mol. The minimum atomic E-state index is 0.705. The van der Waals surface area contributed by atoms with Crippen molar-refractivity contribution < 1.29 is 4.74 Å². The molecule has 2 rings (SSSR count). The highest BCUT2D eigenvalue weighted by Crippen LogP contribution is 2.32. The quantitative estimate of drug-likeness (QED) is 0.624. The summed E-state index contributed by atoms with van der Waals surface area (Å²) in [5.41, 5.74) is 5.31. The highest BCUT2D eigenvalue weighted by molar-refractivity contribution is 5.50. The third-order valence-electron chi connectivity index (χ3n) is 2.97. The molecule has 2 heteroatoms. The monoisotopic (exact) mass is 191 g/mol. The molecule has 0 N–H and O–H groups in total. The van der Waals surface area contributed by atoms with Crippen LogP contribution in [0.1, 0.15) is 22.3 Å². The fourth-order valence-electron chi connectivity index (χ4n) is 1.99. The number of aryl methyl sites for hydroxylation is 2. The average molecular weight is 191 g/mol. The minimum absolute atomic E-state index is 0.705. The van der Waals surface area contributed by atoms with Gasteiger partial charge in [-0.25, -0.2) is 0 Å². The molecule has 0 atom stereocenters. The number of hydrogen-bond acceptors (Lipinski definition) is 2. The zero-order valence-electron chi connectivity index (χ0n) is 9.35. The van der Waals surface area contributed by atoms with Crippen LogP contribution in [-0.4, -0.2) is 18.7 Å². The summed E-state index contributed by atoms with van der Waals surface area (Å²) in [5.74, 6) is 1.11. The van der Waals surface area contributed by atoms with Gasteiger partial charge in [-0.2, -0.15) is 0 Å². The molecule has 2 nitrogen and oxygen atoms in total. The zero-order chi connectivity index (χ0) is 10.3. The maximum atomic E-state index is 5.75. The third kappa shape index (κ3) is 1.40. The first-order chi connectivity index (χ1) is 6.59. The summed E-state index contributed by atoms with van der Waals surface area (Å²) in [4.78, 5) is 2.18. The second kappa shape index (κ2) is 3.28. The standard InChI is InChI=1S/C12H17NO/c1-8-5-9(2)11-6-13(4)7-14-12(11)10(8)3/h5H,6-7H2,1-4H3. The van der Waals surface area contributed by atoms with Crippen LogP contribution in [0.15, 0.2) is 6.07 Å². The summed E-state index contributed by atoms with van der Waals surface area (Å²) in [6.45, 7) is 8.15. The Hall–Kier alpha value is -1.02. The van der Waals surface area contributed by atoms with Crippen LogP contribution in [0.2, 0.25) is 0 Å². The Bertz CT molecular complexity index is 371. The van der Waals surface area contributed by atoms with Gasteiger partial charge in [0.05, 0.1) is 0 Å². The molecule has 76 valence electrons. The van der Waals surface area contributed by atoms with E-state index in [-0.39, 0.29) is 0 Å². The van der Waals surface area contributed by atoms with Gasteiger partial charge in [0.1, 0.15) is 12.5 Å². The van der Waals surface area contributed by atoms with Gasteiger partial charge in [0.25, 0.3) is 0 Å². The Kier molecular flexibility index (Phi) is 2.23. The van der Waals surface area contributed by atoms with Gasteiger partial charge in [0.15, 0.2) is 0 Å².